The number of nitrogens with zero attached hydrogens (tertiary/aromatic N) is 2. The Hall–Kier alpha value is -2.63. The van der Waals surface area contributed by atoms with E-state index in [9.17, 15) is 4.79 Å². The Morgan fingerprint density at radius 2 is 1.80 bits per heavy atom. The second-order valence-corrected chi connectivity index (χ2v) is 6.13. The minimum atomic E-state index is -0.368. The number of carbonyl (C=O) groups excluding carboxylic acids is 1. The number of halogens is 2. The minimum Gasteiger partial charge on any atom is -0.324 e. The first-order valence-corrected chi connectivity index (χ1v) is 8.21. The van der Waals surface area contributed by atoms with Gasteiger partial charge in [-0.25, -0.2) is 9.97 Å². The summed E-state index contributed by atoms with van der Waals surface area (Å²) in [6.45, 7) is 1.79. The molecule has 7 heteroatoms. The third-order valence-electron chi connectivity index (χ3n) is 3.29. The van der Waals surface area contributed by atoms with Crippen molar-refractivity contribution in [2.24, 2.45) is 0 Å². The van der Waals surface area contributed by atoms with Crippen LogP contribution in [0.3, 0.4) is 0 Å². The number of rotatable bonds is 4. The summed E-state index contributed by atoms with van der Waals surface area (Å²) < 4.78 is 0. The zero-order chi connectivity index (χ0) is 17.8. The van der Waals surface area contributed by atoms with E-state index in [0.717, 1.165) is 5.69 Å². The first-order chi connectivity index (χ1) is 12.0. The van der Waals surface area contributed by atoms with Crippen LogP contribution in [-0.4, -0.2) is 15.9 Å². The Morgan fingerprint density at radius 1 is 1.00 bits per heavy atom. The van der Waals surface area contributed by atoms with Crippen molar-refractivity contribution in [3.05, 3.63) is 76.0 Å². The highest BCUT2D eigenvalue weighted by Gasteiger charge is 2.12. The summed E-state index contributed by atoms with van der Waals surface area (Å²) in [4.78, 5) is 21.0. The highest BCUT2D eigenvalue weighted by molar-refractivity contribution is 6.33. The third-order valence-corrected chi connectivity index (χ3v) is 3.85. The Balaban J connectivity index is 1.83. The van der Waals surface area contributed by atoms with Gasteiger partial charge in [-0.2, -0.15) is 0 Å². The molecule has 0 saturated carbocycles. The van der Waals surface area contributed by atoms with Gasteiger partial charge in [-0.05, 0) is 43.3 Å². The predicted molar refractivity (Wildman–Crippen MR) is 101 cm³/mol. The first kappa shape index (κ1) is 17.2. The topological polar surface area (TPSA) is 66.9 Å². The molecule has 0 spiro atoms. The summed E-state index contributed by atoms with van der Waals surface area (Å²) >= 11 is 12.0. The Morgan fingerprint density at radius 3 is 2.56 bits per heavy atom. The van der Waals surface area contributed by atoms with Crippen LogP contribution >= 0.6 is 23.2 Å². The minimum absolute atomic E-state index is 0.233. The van der Waals surface area contributed by atoms with Crippen LogP contribution in [0.15, 0.2) is 54.6 Å². The molecule has 1 amide bonds. The van der Waals surface area contributed by atoms with E-state index in [1.807, 2.05) is 12.1 Å². The Bertz CT molecular complexity index is 930. The van der Waals surface area contributed by atoms with E-state index in [4.69, 9.17) is 23.2 Å². The van der Waals surface area contributed by atoms with Crippen molar-refractivity contribution >= 4 is 46.4 Å². The lowest BCUT2D eigenvalue weighted by molar-refractivity contribution is 0.102. The van der Waals surface area contributed by atoms with E-state index < -0.39 is 0 Å². The van der Waals surface area contributed by atoms with Crippen molar-refractivity contribution < 1.29 is 4.79 Å². The van der Waals surface area contributed by atoms with Crippen LogP contribution in [-0.2, 0) is 0 Å². The normalized spacial score (nSPS) is 10.4. The summed E-state index contributed by atoms with van der Waals surface area (Å²) in [5, 5.41) is 6.84. The molecule has 0 fully saturated rings. The van der Waals surface area contributed by atoms with Gasteiger partial charge >= 0.3 is 0 Å². The van der Waals surface area contributed by atoms with Gasteiger partial charge in [-0.3, -0.25) is 4.79 Å². The zero-order valence-corrected chi connectivity index (χ0v) is 14.8. The molecule has 0 unspecified atom stereocenters. The summed E-state index contributed by atoms with van der Waals surface area (Å²) in [7, 11) is 0. The van der Waals surface area contributed by atoms with E-state index in [0.29, 0.717) is 27.4 Å². The SMILES string of the molecule is Cc1cc(C(=O)Nc2ccccc2Cl)nc(Nc2cccc(Cl)c2)n1. The van der Waals surface area contributed by atoms with Crippen LogP contribution < -0.4 is 10.6 Å². The number of aromatic nitrogens is 2. The van der Waals surface area contributed by atoms with Crippen molar-refractivity contribution in [3.63, 3.8) is 0 Å². The molecule has 0 saturated heterocycles. The van der Waals surface area contributed by atoms with Crippen molar-refractivity contribution in [1.82, 2.24) is 9.97 Å². The number of carbonyl (C=O) groups is 1. The Kier molecular flexibility index (Phi) is 5.16. The van der Waals surface area contributed by atoms with Gasteiger partial charge in [0.2, 0.25) is 5.95 Å². The average Bonchev–Trinajstić information content (AvgIpc) is 2.56. The van der Waals surface area contributed by atoms with Gasteiger partial charge in [0.05, 0.1) is 10.7 Å². The molecule has 0 atom stereocenters. The first-order valence-electron chi connectivity index (χ1n) is 7.45. The average molecular weight is 373 g/mol. The van der Waals surface area contributed by atoms with Crippen molar-refractivity contribution in [2.45, 2.75) is 6.92 Å². The molecule has 25 heavy (non-hydrogen) atoms. The lowest BCUT2D eigenvalue weighted by Crippen LogP contribution is -2.15. The second-order valence-electron chi connectivity index (χ2n) is 5.29. The number of benzene rings is 2. The summed E-state index contributed by atoms with van der Waals surface area (Å²) in [5.74, 6) is -0.0562. The fourth-order valence-corrected chi connectivity index (χ4v) is 2.56. The van der Waals surface area contributed by atoms with Crippen LogP contribution in [0.25, 0.3) is 0 Å². The van der Waals surface area contributed by atoms with E-state index in [1.165, 1.54) is 0 Å². The molecule has 1 aromatic heterocycles. The van der Waals surface area contributed by atoms with Gasteiger partial charge in [-0.15, -0.1) is 0 Å². The number of para-hydroxylation sites is 1. The van der Waals surface area contributed by atoms with Crippen LogP contribution in [0.2, 0.25) is 10.0 Å². The molecule has 0 aliphatic rings. The molecule has 2 N–H and O–H groups in total. The molecule has 1 heterocycles. The lowest BCUT2D eigenvalue weighted by atomic mass is 10.3. The molecule has 0 aliphatic heterocycles. The Labute approximate surface area is 155 Å². The number of amides is 1. The van der Waals surface area contributed by atoms with Gasteiger partial charge < -0.3 is 10.6 Å². The summed E-state index contributed by atoms with van der Waals surface area (Å²) in [5.41, 5.74) is 2.14. The second kappa shape index (κ2) is 7.51. The zero-order valence-electron chi connectivity index (χ0n) is 13.3. The molecule has 5 nitrogen and oxygen atoms in total. The van der Waals surface area contributed by atoms with E-state index in [1.54, 1.807) is 49.4 Å². The van der Waals surface area contributed by atoms with E-state index in [2.05, 4.69) is 20.6 Å². The van der Waals surface area contributed by atoms with Gasteiger partial charge in [-0.1, -0.05) is 41.4 Å². The molecule has 0 bridgehead atoms. The fraction of sp³-hybridized carbons (Fsp3) is 0.0556. The molecule has 2 aromatic carbocycles. The largest absolute Gasteiger partial charge is 0.324 e. The molecule has 126 valence electrons. The molecule has 0 radical (unpaired) electrons. The van der Waals surface area contributed by atoms with Crippen LogP contribution in [0.1, 0.15) is 16.2 Å². The van der Waals surface area contributed by atoms with E-state index in [-0.39, 0.29) is 11.6 Å². The predicted octanol–water partition coefficient (Wildman–Crippen LogP) is 5.09. The maximum absolute atomic E-state index is 12.5. The van der Waals surface area contributed by atoms with Crippen molar-refractivity contribution in [1.29, 1.82) is 0 Å². The number of hydrogen-bond donors (Lipinski definition) is 2. The number of hydrogen-bond acceptors (Lipinski definition) is 4. The number of nitrogens with one attached hydrogen (secondary N) is 2. The van der Waals surface area contributed by atoms with E-state index >= 15 is 0 Å². The highest BCUT2D eigenvalue weighted by atomic mass is 35.5. The third kappa shape index (κ3) is 4.47. The summed E-state index contributed by atoms with van der Waals surface area (Å²) in [6, 6.07) is 15.8. The van der Waals surface area contributed by atoms with Gasteiger partial charge in [0, 0.05) is 16.4 Å². The quantitative estimate of drug-likeness (QED) is 0.669. The maximum atomic E-state index is 12.5. The molecule has 3 aromatic rings. The maximum Gasteiger partial charge on any atom is 0.274 e. The fourth-order valence-electron chi connectivity index (χ4n) is 2.19. The van der Waals surface area contributed by atoms with Gasteiger partial charge in [0.1, 0.15) is 5.69 Å². The van der Waals surface area contributed by atoms with Gasteiger partial charge in [0.15, 0.2) is 0 Å². The monoisotopic (exact) mass is 372 g/mol. The molecule has 0 aliphatic carbocycles. The van der Waals surface area contributed by atoms with Crippen LogP contribution in [0.4, 0.5) is 17.3 Å². The van der Waals surface area contributed by atoms with Crippen molar-refractivity contribution in [2.75, 3.05) is 10.6 Å². The number of anilines is 3. The molecular weight excluding hydrogens is 359 g/mol. The lowest BCUT2D eigenvalue weighted by Gasteiger charge is -2.10. The number of aryl methyl sites for hydroxylation is 1. The van der Waals surface area contributed by atoms with Crippen molar-refractivity contribution in [3.8, 4) is 0 Å². The van der Waals surface area contributed by atoms with Crippen LogP contribution in [0.5, 0.6) is 0 Å². The highest BCUT2D eigenvalue weighted by Crippen LogP contribution is 2.22. The summed E-state index contributed by atoms with van der Waals surface area (Å²) in [6.07, 6.45) is 0. The van der Waals surface area contributed by atoms with Gasteiger partial charge in [0.25, 0.3) is 5.91 Å². The molecule has 3 rings (SSSR count). The van der Waals surface area contributed by atoms with Crippen LogP contribution in [0, 0.1) is 6.92 Å². The standard InChI is InChI=1S/C18H14Cl2N4O/c1-11-9-16(17(25)23-15-8-3-2-7-14(15)20)24-18(21-11)22-13-6-4-5-12(19)10-13/h2-10H,1H3,(H,23,25)(H,21,22,24). The molecular formula is C18H14Cl2N4O. The smallest absolute Gasteiger partial charge is 0.274 e.